The minimum Gasteiger partial charge on any atom is -0.322 e. The van der Waals surface area contributed by atoms with E-state index in [0.29, 0.717) is 30.2 Å². The standard InChI is InChI=1S/C25H26F3N3O3S/c1-17-16-21(18(2)31(17)23-9-5-4-8-22(23)25(26,27)28)24(32)29-19-10-12-20(13-11-19)35(33,34)30-14-6-3-7-15-30/h4-5,8-13,16H,3,6-7,14-15H2,1-2H3,(H,29,32). The van der Waals surface area contributed by atoms with E-state index in [1.807, 2.05) is 0 Å². The molecule has 0 bridgehead atoms. The summed E-state index contributed by atoms with van der Waals surface area (Å²) in [6.07, 6.45) is -1.86. The summed E-state index contributed by atoms with van der Waals surface area (Å²) >= 11 is 0. The van der Waals surface area contributed by atoms with Crippen LogP contribution in [0.5, 0.6) is 0 Å². The summed E-state index contributed by atoms with van der Waals surface area (Å²) in [6.45, 7) is 4.21. The Morgan fingerprint density at radius 2 is 1.57 bits per heavy atom. The Balaban J connectivity index is 1.57. The van der Waals surface area contributed by atoms with Crippen molar-refractivity contribution in [2.45, 2.75) is 44.2 Å². The van der Waals surface area contributed by atoms with Crippen molar-refractivity contribution >= 4 is 21.6 Å². The number of aromatic nitrogens is 1. The van der Waals surface area contributed by atoms with Gasteiger partial charge >= 0.3 is 6.18 Å². The molecule has 0 aliphatic carbocycles. The number of rotatable bonds is 5. The minimum atomic E-state index is -4.54. The van der Waals surface area contributed by atoms with Gasteiger partial charge in [-0.15, -0.1) is 0 Å². The number of carbonyl (C=O) groups excluding carboxylic acids is 1. The second-order valence-electron chi connectivity index (χ2n) is 8.58. The van der Waals surface area contributed by atoms with Crippen LogP contribution < -0.4 is 5.32 Å². The zero-order chi connectivity index (χ0) is 25.4. The quantitative estimate of drug-likeness (QED) is 0.495. The number of benzene rings is 2. The molecule has 0 radical (unpaired) electrons. The van der Waals surface area contributed by atoms with E-state index >= 15 is 0 Å². The third-order valence-electron chi connectivity index (χ3n) is 6.19. The van der Waals surface area contributed by atoms with Crippen molar-refractivity contribution in [3.8, 4) is 5.69 Å². The first kappa shape index (κ1) is 25.0. The molecule has 1 aromatic heterocycles. The van der Waals surface area contributed by atoms with Crippen LogP contribution in [0.1, 0.15) is 46.6 Å². The van der Waals surface area contributed by atoms with Gasteiger partial charge in [0.1, 0.15) is 0 Å². The van der Waals surface area contributed by atoms with Crippen LogP contribution in [0, 0.1) is 13.8 Å². The molecule has 4 rings (SSSR count). The third-order valence-corrected chi connectivity index (χ3v) is 8.10. The lowest BCUT2D eigenvalue weighted by Gasteiger charge is -2.25. The van der Waals surface area contributed by atoms with Crippen molar-refractivity contribution in [2.24, 2.45) is 0 Å². The van der Waals surface area contributed by atoms with Gasteiger partial charge in [-0.2, -0.15) is 17.5 Å². The molecule has 1 aliphatic heterocycles. The van der Waals surface area contributed by atoms with Crippen LogP contribution >= 0.6 is 0 Å². The molecule has 2 aromatic carbocycles. The van der Waals surface area contributed by atoms with Gasteiger partial charge in [0.05, 0.1) is 21.7 Å². The number of hydrogen-bond acceptors (Lipinski definition) is 3. The number of carbonyl (C=O) groups is 1. The predicted octanol–water partition coefficient (Wildman–Crippen LogP) is 5.54. The van der Waals surface area contributed by atoms with Gasteiger partial charge in [0.2, 0.25) is 10.0 Å². The summed E-state index contributed by atoms with van der Waals surface area (Å²) in [5.41, 5.74) is 0.603. The largest absolute Gasteiger partial charge is 0.418 e. The fourth-order valence-corrected chi connectivity index (χ4v) is 5.95. The van der Waals surface area contributed by atoms with Gasteiger partial charge in [-0.25, -0.2) is 8.42 Å². The Morgan fingerprint density at radius 3 is 2.20 bits per heavy atom. The Bertz CT molecular complexity index is 1340. The SMILES string of the molecule is Cc1cc(C(=O)Nc2ccc(S(=O)(=O)N3CCCCC3)cc2)c(C)n1-c1ccccc1C(F)(F)F. The number of amides is 1. The van der Waals surface area contributed by atoms with E-state index in [1.54, 1.807) is 13.8 Å². The van der Waals surface area contributed by atoms with Crippen LogP contribution in [0.25, 0.3) is 5.69 Å². The minimum absolute atomic E-state index is 0.0543. The number of halogens is 3. The van der Waals surface area contributed by atoms with Gasteiger partial charge in [0.15, 0.2) is 0 Å². The zero-order valence-electron chi connectivity index (χ0n) is 19.4. The summed E-state index contributed by atoms with van der Waals surface area (Å²) in [7, 11) is -3.59. The summed E-state index contributed by atoms with van der Waals surface area (Å²) in [6, 6.07) is 12.7. The maximum atomic E-state index is 13.5. The van der Waals surface area contributed by atoms with Gasteiger partial charge in [-0.05, 0) is 69.2 Å². The number of para-hydroxylation sites is 1. The van der Waals surface area contributed by atoms with E-state index in [0.717, 1.165) is 25.3 Å². The molecule has 6 nitrogen and oxygen atoms in total. The van der Waals surface area contributed by atoms with E-state index in [-0.39, 0.29) is 16.1 Å². The van der Waals surface area contributed by atoms with Gasteiger partial charge in [0, 0.05) is 30.2 Å². The van der Waals surface area contributed by atoms with Crippen molar-refractivity contribution < 1.29 is 26.4 Å². The average molecular weight is 506 g/mol. The number of nitrogens with zero attached hydrogens (tertiary/aromatic N) is 2. The highest BCUT2D eigenvalue weighted by atomic mass is 32.2. The summed E-state index contributed by atoms with van der Waals surface area (Å²) in [5.74, 6) is -0.500. The van der Waals surface area contributed by atoms with Crippen molar-refractivity contribution in [3.05, 3.63) is 77.1 Å². The molecular weight excluding hydrogens is 479 g/mol. The highest BCUT2D eigenvalue weighted by Gasteiger charge is 2.34. The van der Waals surface area contributed by atoms with Gasteiger partial charge in [-0.3, -0.25) is 4.79 Å². The number of hydrogen-bond donors (Lipinski definition) is 1. The Morgan fingerprint density at radius 1 is 0.943 bits per heavy atom. The Labute approximate surface area is 202 Å². The second-order valence-corrected chi connectivity index (χ2v) is 10.5. The second kappa shape index (κ2) is 9.50. The van der Waals surface area contributed by atoms with Crippen molar-refractivity contribution in [2.75, 3.05) is 18.4 Å². The van der Waals surface area contributed by atoms with Crippen molar-refractivity contribution in [1.29, 1.82) is 0 Å². The molecule has 0 atom stereocenters. The van der Waals surface area contributed by atoms with Crippen LogP contribution in [0.15, 0.2) is 59.5 Å². The first-order valence-corrected chi connectivity index (χ1v) is 12.7. The van der Waals surface area contributed by atoms with Gasteiger partial charge in [-0.1, -0.05) is 18.6 Å². The molecule has 186 valence electrons. The van der Waals surface area contributed by atoms with E-state index < -0.39 is 27.7 Å². The van der Waals surface area contributed by atoms with E-state index in [2.05, 4.69) is 5.32 Å². The fraction of sp³-hybridized carbons (Fsp3) is 0.320. The van der Waals surface area contributed by atoms with Gasteiger partial charge < -0.3 is 9.88 Å². The summed E-state index contributed by atoms with van der Waals surface area (Å²) < 4.78 is 69.2. The van der Waals surface area contributed by atoms with E-state index in [4.69, 9.17) is 0 Å². The normalized spacial score (nSPS) is 15.2. The first-order valence-electron chi connectivity index (χ1n) is 11.3. The lowest BCUT2D eigenvalue weighted by Crippen LogP contribution is -2.35. The molecule has 2 heterocycles. The molecule has 35 heavy (non-hydrogen) atoms. The zero-order valence-corrected chi connectivity index (χ0v) is 20.2. The molecule has 1 saturated heterocycles. The van der Waals surface area contributed by atoms with Crippen LogP contribution in [0.4, 0.5) is 18.9 Å². The van der Waals surface area contributed by atoms with Crippen LogP contribution in [-0.4, -0.2) is 36.3 Å². The molecule has 1 aliphatic rings. The smallest absolute Gasteiger partial charge is 0.322 e. The van der Waals surface area contributed by atoms with E-state index in [9.17, 15) is 26.4 Å². The Kier molecular flexibility index (Phi) is 6.79. The number of piperidine rings is 1. The highest BCUT2D eigenvalue weighted by molar-refractivity contribution is 7.89. The average Bonchev–Trinajstić information content (AvgIpc) is 3.13. The predicted molar refractivity (Wildman–Crippen MR) is 127 cm³/mol. The highest BCUT2D eigenvalue weighted by Crippen LogP contribution is 2.35. The molecular formula is C25H26F3N3O3S. The van der Waals surface area contributed by atoms with Gasteiger partial charge in [0.25, 0.3) is 5.91 Å². The number of alkyl halides is 3. The summed E-state index contributed by atoms with van der Waals surface area (Å²) in [5, 5.41) is 2.71. The van der Waals surface area contributed by atoms with Crippen LogP contribution in [0.3, 0.4) is 0 Å². The molecule has 10 heteroatoms. The van der Waals surface area contributed by atoms with Crippen LogP contribution in [-0.2, 0) is 16.2 Å². The molecule has 3 aromatic rings. The number of sulfonamides is 1. The summed E-state index contributed by atoms with van der Waals surface area (Å²) in [4.78, 5) is 13.1. The van der Waals surface area contributed by atoms with Crippen molar-refractivity contribution in [1.82, 2.24) is 8.87 Å². The topological polar surface area (TPSA) is 71.4 Å². The van der Waals surface area contributed by atoms with Crippen LogP contribution in [0.2, 0.25) is 0 Å². The molecule has 1 fully saturated rings. The number of anilines is 1. The lowest BCUT2D eigenvalue weighted by molar-refractivity contribution is -0.137. The lowest BCUT2D eigenvalue weighted by atomic mass is 10.1. The fourth-order valence-electron chi connectivity index (χ4n) is 4.43. The third kappa shape index (κ3) is 4.99. The maximum Gasteiger partial charge on any atom is 0.418 e. The molecule has 1 N–H and O–H groups in total. The van der Waals surface area contributed by atoms with E-state index in [1.165, 1.54) is 57.4 Å². The Hall–Kier alpha value is -3.11. The monoisotopic (exact) mass is 505 g/mol. The number of nitrogens with one attached hydrogen (secondary N) is 1. The molecule has 0 spiro atoms. The molecule has 0 saturated carbocycles. The van der Waals surface area contributed by atoms with Crippen molar-refractivity contribution in [3.63, 3.8) is 0 Å². The molecule has 0 unspecified atom stereocenters. The molecule has 1 amide bonds. The first-order chi connectivity index (χ1) is 16.5. The maximum absolute atomic E-state index is 13.5. The number of aryl methyl sites for hydroxylation is 1.